The van der Waals surface area contributed by atoms with Gasteiger partial charge in [0.15, 0.2) is 0 Å². The van der Waals surface area contributed by atoms with Gasteiger partial charge in [0.05, 0.1) is 4.92 Å². The number of allylic oxidation sites excluding steroid dienone is 1. The maximum atomic E-state index is 10.5. The van der Waals surface area contributed by atoms with Gasteiger partial charge in [0.1, 0.15) is 0 Å². The van der Waals surface area contributed by atoms with E-state index in [9.17, 15) is 10.1 Å². The molecule has 0 N–H and O–H groups in total. The summed E-state index contributed by atoms with van der Waals surface area (Å²) in [4.78, 5) is 10.1. The van der Waals surface area contributed by atoms with Gasteiger partial charge in [-0.2, -0.15) is 0 Å². The lowest BCUT2D eigenvalue weighted by atomic mass is 10.1. The number of benzene rings is 1. The van der Waals surface area contributed by atoms with Crippen molar-refractivity contribution in [2.24, 2.45) is 0 Å². The summed E-state index contributed by atoms with van der Waals surface area (Å²) >= 11 is 0. The van der Waals surface area contributed by atoms with Gasteiger partial charge in [0.2, 0.25) is 0 Å². The molecule has 3 nitrogen and oxygen atoms in total. The number of nitro groups is 1. The molecule has 0 fully saturated rings. The molecule has 0 atom stereocenters. The van der Waals surface area contributed by atoms with Gasteiger partial charge in [-0.25, -0.2) is 0 Å². The third kappa shape index (κ3) is 5.25. The largest absolute Gasteiger partial charge is 0.269 e. The Morgan fingerprint density at radius 2 is 2.00 bits per heavy atom. The minimum Gasteiger partial charge on any atom is -0.258 e. The Labute approximate surface area is 113 Å². The van der Waals surface area contributed by atoms with Crippen LogP contribution in [-0.4, -0.2) is 4.92 Å². The van der Waals surface area contributed by atoms with Gasteiger partial charge in [-0.15, -0.1) is 5.73 Å². The summed E-state index contributed by atoms with van der Waals surface area (Å²) in [6.45, 7) is 5.79. The van der Waals surface area contributed by atoms with E-state index in [2.05, 4.69) is 31.1 Å². The second-order valence-corrected chi connectivity index (χ2v) is 4.17. The standard InChI is InChI=1S/C16H17NO2/c1-3-5-6-7-14(4-2)8-9-15-10-12-16(13-11-15)17(18)19/h10-13H,2-3,5-7H2,1H3. The van der Waals surface area contributed by atoms with Crippen molar-refractivity contribution in [3.05, 3.63) is 57.8 Å². The monoisotopic (exact) mass is 255 g/mol. The van der Waals surface area contributed by atoms with Crippen LogP contribution in [0.2, 0.25) is 0 Å². The van der Waals surface area contributed by atoms with E-state index < -0.39 is 4.92 Å². The first-order valence-corrected chi connectivity index (χ1v) is 6.32. The Kier molecular flexibility index (Phi) is 6.15. The summed E-state index contributed by atoms with van der Waals surface area (Å²) in [5, 5.41) is 10.5. The molecule has 1 aromatic carbocycles. The van der Waals surface area contributed by atoms with E-state index in [0.29, 0.717) is 0 Å². The van der Waals surface area contributed by atoms with E-state index >= 15 is 0 Å². The summed E-state index contributed by atoms with van der Waals surface area (Å²) in [6.07, 6.45) is 4.31. The van der Waals surface area contributed by atoms with Crippen molar-refractivity contribution < 1.29 is 4.92 Å². The Hall–Kier alpha value is -2.30. The molecule has 0 aromatic heterocycles. The van der Waals surface area contributed by atoms with Gasteiger partial charge in [0, 0.05) is 23.3 Å². The molecule has 0 aliphatic carbocycles. The van der Waals surface area contributed by atoms with Crippen molar-refractivity contribution >= 4 is 5.69 Å². The molecule has 0 bridgehead atoms. The Balaban J connectivity index is 2.70. The van der Waals surface area contributed by atoms with Crippen LogP contribution in [0.15, 0.2) is 42.1 Å². The van der Waals surface area contributed by atoms with Crippen LogP contribution in [0.5, 0.6) is 0 Å². The molecule has 0 spiro atoms. The van der Waals surface area contributed by atoms with Crippen molar-refractivity contribution in [1.29, 1.82) is 0 Å². The van der Waals surface area contributed by atoms with Crippen molar-refractivity contribution in [1.82, 2.24) is 0 Å². The highest BCUT2D eigenvalue weighted by Crippen LogP contribution is 2.11. The average Bonchev–Trinajstić information content (AvgIpc) is 2.43. The lowest BCUT2D eigenvalue weighted by Gasteiger charge is -1.95. The number of hydrogen-bond acceptors (Lipinski definition) is 2. The van der Waals surface area contributed by atoms with Crippen LogP contribution < -0.4 is 0 Å². The second kappa shape index (κ2) is 7.92. The Bertz CT molecular complexity index is 540. The molecule has 0 aliphatic rings. The van der Waals surface area contributed by atoms with Gasteiger partial charge in [-0.1, -0.05) is 38.2 Å². The first-order chi connectivity index (χ1) is 9.17. The summed E-state index contributed by atoms with van der Waals surface area (Å²) in [5.74, 6) is 5.99. The van der Waals surface area contributed by atoms with Gasteiger partial charge in [-0.05, 0) is 25.0 Å². The van der Waals surface area contributed by atoms with Crippen LogP contribution in [0.3, 0.4) is 0 Å². The molecule has 0 heterocycles. The van der Waals surface area contributed by atoms with E-state index in [0.717, 1.165) is 24.0 Å². The van der Waals surface area contributed by atoms with Gasteiger partial charge in [-0.3, -0.25) is 10.1 Å². The fourth-order valence-electron chi connectivity index (χ4n) is 1.56. The van der Waals surface area contributed by atoms with Crippen LogP contribution in [0.25, 0.3) is 0 Å². The molecule has 0 unspecified atom stereocenters. The third-order valence-electron chi connectivity index (χ3n) is 2.68. The molecule has 0 saturated heterocycles. The maximum absolute atomic E-state index is 10.5. The van der Waals surface area contributed by atoms with Crippen molar-refractivity contribution in [3.63, 3.8) is 0 Å². The van der Waals surface area contributed by atoms with Crippen LogP contribution >= 0.6 is 0 Å². The zero-order valence-corrected chi connectivity index (χ0v) is 11.1. The predicted molar refractivity (Wildman–Crippen MR) is 76.8 cm³/mol. The molecule has 0 aliphatic heterocycles. The summed E-state index contributed by atoms with van der Waals surface area (Å²) in [7, 11) is 0. The molecule has 98 valence electrons. The van der Waals surface area contributed by atoms with E-state index in [4.69, 9.17) is 0 Å². The van der Waals surface area contributed by atoms with Gasteiger partial charge < -0.3 is 0 Å². The molecule has 1 rings (SSSR count). The SMILES string of the molecule is C=C=C(C#Cc1ccc([N+](=O)[O-])cc1)CCCCC. The van der Waals surface area contributed by atoms with E-state index in [1.54, 1.807) is 12.1 Å². The van der Waals surface area contributed by atoms with Crippen LogP contribution in [0.1, 0.15) is 38.2 Å². The van der Waals surface area contributed by atoms with Crippen molar-refractivity contribution in [3.8, 4) is 11.8 Å². The van der Waals surface area contributed by atoms with Crippen LogP contribution in [-0.2, 0) is 0 Å². The van der Waals surface area contributed by atoms with E-state index in [-0.39, 0.29) is 5.69 Å². The number of non-ortho nitro benzene ring substituents is 1. The highest BCUT2D eigenvalue weighted by molar-refractivity contribution is 5.44. The quantitative estimate of drug-likeness (QED) is 0.260. The minimum absolute atomic E-state index is 0.0768. The Morgan fingerprint density at radius 3 is 2.53 bits per heavy atom. The highest BCUT2D eigenvalue weighted by Gasteiger charge is 2.02. The molecular formula is C16H17NO2. The summed E-state index contributed by atoms with van der Waals surface area (Å²) in [5.41, 5.74) is 4.58. The number of nitro benzene ring substituents is 1. The zero-order chi connectivity index (χ0) is 14.1. The molecule has 0 amide bonds. The zero-order valence-electron chi connectivity index (χ0n) is 11.1. The lowest BCUT2D eigenvalue weighted by Crippen LogP contribution is -1.87. The normalized spacial score (nSPS) is 9.11. The van der Waals surface area contributed by atoms with Gasteiger partial charge in [0.25, 0.3) is 5.69 Å². The number of nitrogens with zero attached hydrogens (tertiary/aromatic N) is 1. The first-order valence-electron chi connectivity index (χ1n) is 6.32. The fourth-order valence-corrected chi connectivity index (χ4v) is 1.56. The van der Waals surface area contributed by atoms with Gasteiger partial charge >= 0.3 is 0 Å². The first kappa shape index (κ1) is 14.8. The topological polar surface area (TPSA) is 43.1 Å². The second-order valence-electron chi connectivity index (χ2n) is 4.17. The third-order valence-corrected chi connectivity index (χ3v) is 2.68. The van der Waals surface area contributed by atoms with Crippen LogP contribution in [0, 0.1) is 22.0 Å². The minimum atomic E-state index is -0.420. The summed E-state index contributed by atoms with van der Waals surface area (Å²) in [6, 6.07) is 6.21. The lowest BCUT2D eigenvalue weighted by molar-refractivity contribution is -0.384. The summed E-state index contributed by atoms with van der Waals surface area (Å²) < 4.78 is 0. The maximum Gasteiger partial charge on any atom is 0.269 e. The number of rotatable bonds is 5. The predicted octanol–water partition coefficient (Wildman–Crippen LogP) is 4.24. The van der Waals surface area contributed by atoms with Crippen molar-refractivity contribution in [2.45, 2.75) is 32.6 Å². The molecular weight excluding hydrogens is 238 g/mol. The Morgan fingerprint density at radius 1 is 1.32 bits per heavy atom. The van der Waals surface area contributed by atoms with E-state index in [1.165, 1.54) is 25.0 Å². The number of hydrogen-bond donors (Lipinski definition) is 0. The average molecular weight is 255 g/mol. The molecule has 1 aromatic rings. The molecule has 0 radical (unpaired) electrons. The molecule has 3 heteroatoms. The fraction of sp³-hybridized carbons (Fsp3) is 0.312. The number of unbranched alkanes of at least 4 members (excludes halogenated alkanes) is 2. The van der Waals surface area contributed by atoms with Crippen LogP contribution in [0.4, 0.5) is 5.69 Å². The van der Waals surface area contributed by atoms with Crippen molar-refractivity contribution in [2.75, 3.05) is 0 Å². The highest BCUT2D eigenvalue weighted by atomic mass is 16.6. The smallest absolute Gasteiger partial charge is 0.258 e. The molecule has 19 heavy (non-hydrogen) atoms. The molecule has 0 saturated carbocycles. The van der Waals surface area contributed by atoms with E-state index in [1.807, 2.05) is 0 Å².